The first kappa shape index (κ1) is 13.0. The Kier molecular flexibility index (Phi) is 4.95. The average Bonchev–Trinajstić information content (AvgIpc) is 2.75. The molecule has 0 bridgehead atoms. The Morgan fingerprint density at radius 1 is 1.41 bits per heavy atom. The summed E-state index contributed by atoms with van der Waals surface area (Å²) >= 11 is 1.78. The number of nitrogens with one attached hydrogen (secondary N) is 1. The fraction of sp³-hybridized carbons (Fsp3) is 0.692. The molecule has 0 saturated carbocycles. The maximum atomic E-state index is 5.73. The highest BCUT2D eigenvalue weighted by atomic mass is 32.2. The fourth-order valence-corrected chi connectivity index (χ4v) is 2.61. The first-order valence-electron chi connectivity index (χ1n) is 6.19. The monoisotopic (exact) mass is 255 g/mol. The molecule has 96 valence electrons. The molecule has 1 N–H and O–H groups in total. The summed E-state index contributed by atoms with van der Waals surface area (Å²) in [7, 11) is 0. The van der Waals surface area contributed by atoms with Gasteiger partial charge in [0, 0.05) is 12.6 Å². The van der Waals surface area contributed by atoms with E-state index in [1.165, 1.54) is 0 Å². The van der Waals surface area contributed by atoms with Gasteiger partial charge in [0.25, 0.3) is 0 Å². The maximum absolute atomic E-state index is 5.73. The van der Waals surface area contributed by atoms with E-state index in [2.05, 4.69) is 30.6 Å². The van der Waals surface area contributed by atoms with E-state index in [1.54, 1.807) is 11.8 Å². The molecule has 1 aliphatic rings. The van der Waals surface area contributed by atoms with Crippen molar-refractivity contribution in [1.29, 1.82) is 0 Å². The van der Waals surface area contributed by atoms with Crippen LogP contribution >= 0.6 is 11.8 Å². The summed E-state index contributed by atoms with van der Waals surface area (Å²) in [6.45, 7) is 3.83. The number of hydrogen-bond donors (Lipinski definition) is 1. The van der Waals surface area contributed by atoms with E-state index < -0.39 is 0 Å². The second-order valence-corrected chi connectivity index (χ2v) is 5.45. The van der Waals surface area contributed by atoms with E-state index in [4.69, 9.17) is 9.15 Å². The Hall–Kier alpha value is -0.450. The molecule has 1 saturated heterocycles. The molecular weight excluding hydrogens is 234 g/mol. The maximum Gasteiger partial charge on any atom is 0.118 e. The highest BCUT2D eigenvalue weighted by Crippen LogP contribution is 2.16. The lowest BCUT2D eigenvalue weighted by atomic mass is 10.0. The van der Waals surface area contributed by atoms with Crippen molar-refractivity contribution in [3.05, 3.63) is 23.7 Å². The third kappa shape index (κ3) is 4.05. The zero-order valence-corrected chi connectivity index (χ0v) is 11.4. The molecule has 1 fully saturated rings. The van der Waals surface area contributed by atoms with Crippen LogP contribution in [0.2, 0.25) is 0 Å². The van der Waals surface area contributed by atoms with E-state index >= 15 is 0 Å². The first-order chi connectivity index (χ1) is 8.28. The Bertz CT molecular complexity index is 340. The van der Waals surface area contributed by atoms with Gasteiger partial charge in [-0.2, -0.15) is 11.8 Å². The number of furan rings is 1. The van der Waals surface area contributed by atoms with Gasteiger partial charge in [-0.25, -0.2) is 0 Å². The van der Waals surface area contributed by atoms with E-state index in [-0.39, 0.29) is 0 Å². The molecule has 2 atom stereocenters. The lowest BCUT2D eigenvalue weighted by Gasteiger charge is -2.27. The van der Waals surface area contributed by atoms with Crippen LogP contribution in [-0.2, 0) is 17.0 Å². The predicted octanol–water partition coefficient (Wildman–Crippen LogP) is 2.80. The zero-order chi connectivity index (χ0) is 12.1. The molecule has 3 nitrogen and oxygen atoms in total. The van der Waals surface area contributed by atoms with Crippen LogP contribution in [0, 0.1) is 0 Å². The molecule has 4 heteroatoms. The minimum atomic E-state index is 0.380. The standard InChI is InChI=1S/C13H21NO2S/c1-10-7-11(5-6-15-10)14-8-12-3-4-13(16-12)9-17-2/h3-4,10-11,14H,5-9H2,1-2H3. The summed E-state index contributed by atoms with van der Waals surface area (Å²) in [5.41, 5.74) is 0. The molecule has 2 heterocycles. The zero-order valence-electron chi connectivity index (χ0n) is 10.6. The summed E-state index contributed by atoms with van der Waals surface area (Å²) in [5, 5.41) is 3.54. The van der Waals surface area contributed by atoms with Crippen LogP contribution in [0.4, 0.5) is 0 Å². The van der Waals surface area contributed by atoms with Crippen molar-refractivity contribution in [3.63, 3.8) is 0 Å². The van der Waals surface area contributed by atoms with Crippen molar-refractivity contribution in [2.24, 2.45) is 0 Å². The molecule has 0 radical (unpaired) electrons. The molecule has 1 aromatic rings. The second-order valence-electron chi connectivity index (χ2n) is 4.58. The van der Waals surface area contributed by atoms with Crippen molar-refractivity contribution in [2.75, 3.05) is 12.9 Å². The van der Waals surface area contributed by atoms with Gasteiger partial charge in [0.2, 0.25) is 0 Å². The van der Waals surface area contributed by atoms with Gasteiger partial charge in [0.15, 0.2) is 0 Å². The highest BCUT2D eigenvalue weighted by molar-refractivity contribution is 7.97. The summed E-state index contributed by atoms with van der Waals surface area (Å²) in [6.07, 6.45) is 4.66. The molecule has 1 aliphatic heterocycles. The molecule has 1 aromatic heterocycles. The van der Waals surface area contributed by atoms with Crippen LogP contribution in [0.1, 0.15) is 31.3 Å². The Morgan fingerprint density at radius 2 is 2.24 bits per heavy atom. The smallest absolute Gasteiger partial charge is 0.118 e. The van der Waals surface area contributed by atoms with Crippen LogP contribution in [-0.4, -0.2) is 25.0 Å². The van der Waals surface area contributed by atoms with E-state index in [1.807, 2.05) is 0 Å². The fourth-order valence-electron chi connectivity index (χ4n) is 2.17. The van der Waals surface area contributed by atoms with Gasteiger partial charge in [-0.05, 0) is 38.2 Å². The first-order valence-corrected chi connectivity index (χ1v) is 7.59. The van der Waals surface area contributed by atoms with E-state index in [9.17, 15) is 0 Å². The minimum absolute atomic E-state index is 0.380. The Morgan fingerprint density at radius 3 is 3.00 bits per heavy atom. The number of thioether (sulfide) groups is 1. The summed E-state index contributed by atoms with van der Waals surface area (Å²) in [5.74, 6) is 3.05. The van der Waals surface area contributed by atoms with Crippen molar-refractivity contribution in [1.82, 2.24) is 5.32 Å². The lowest BCUT2D eigenvalue weighted by Crippen LogP contribution is -2.37. The van der Waals surface area contributed by atoms with Gasteiger partial charge >= 0.3 is 0 Å². The molecule has 0 aliphatic carbocycles. The number of ether oxygens (including phenoxy) is 1. The van der Waals surface area contributed by atoms with Gasteiger partial charge in [0.05, 0.1) is 18.4 Å². The molecule has 0 spiro atoms. The van der Waals surface area contributed by atoms with Gasteiger partial charge < -0.3 is 14.5 Å². The SMILES string of the molecule is CSCc1ccc(CNC2CCOC(C)C2)o1. The number of rotatable bonds is 5. The summed E-state index contributed by atoms with van der Waals surface area (Å²) < 4.78 is 11.3. The topological polar surface area (TPSA) is 34.4 Å². The highest BCUT2D eigenvalue weighted by Gasteiger charge is 2.18. The average molecular weight is 255 g/mol. The molecule has 0 amide bonds. The van der Waals surface area contributed by atoms with Crippen LogP contribution in [0.3, 0.4) is 0 Å². The van der Waals surface area contributed by atoms with Crippen molar-refractivity contribution < 1.29 is 9.15 Å². The van der Waals surface area contributed by atoms with Gasteiger partial charge in [-0.1, -0.05) is 0 Å². The molecule has 2 unspecified atom stereocenters. The van der Waals surface area contributed by atoms with Gasteiger partial charge in [-0.3, -0.25) is 0 Å². The summed E-state index contributed by atoms with van der Waals surface area (Å²) in [4.78, 5) is 0. The molecule has 0 aromatic carbocycles. The Balaban J connectivity index is 1.76. The van der Waals surface area contributed by atoms with Crippen LogP contribution < -0.4 is 5.32 Å². The summed E-state index contributed by atoms with van der Waals surface area (Å²) in [6, 6.07) is 4.70. The number of hydrogen-bond acceptors (Lipinski definition) is 4. The van der Waals surface area contributed by atoms with Crippen LogP contribution in [0.25, 0.3) is 0 Å². The van der Waals surface area contributed by atoms with Gasteiger partial charge in [0.1, 0.15) is 11.5 Å². The quantitative estimate of drug-likeness (QED) is 0.877. The van der Waals surface area contributed by atoms with Crippen LogP contribution in [0.5, 0.6) is 0 Å². The van der Waals surface area contributed by atoms with E-state index in [0.29, 0.717) is 12.1 Å². The van der Waals surface area contributed by atoms with Crippen molar-refractivity contribution in [2.45, 2.75) is 44.2 Å². The van der Waals surface area contributed by atoms with Crippen molar-refractivity contribution in [3.8, 4) is 0 Å². The second kappa shape index (κ2) is 6.47. The molecular formula is C13H21NO2S. The predicted molar refractivity (Wildman–Crippen MR) is 71.2 cm³/mol. The van der Waals surface area contributed by atoms with Crippen LogP contribution in [0.15, 0.2) is 16.5 Å². The normalized spacial score (nSPS) is 25.1. The van der Waals surface area contributed by atoms with E-state index in [0.717, 1.165) is 43.3 Å². The lowest BCUT2D eigenvalue weighted by molar-refractivity contribution is 0.0127. The third-order valence-electron chi connectivity index (χ3n) is 3.05. The Labute approximate surface area is 107 Å². The minimum Gasteiger partial charge on any atom is -0.464 e. The molecule has 2 rings (SSSR count). The van der Waals surface area contributed by atoms with Gasteiger partial charge in [-0.15, -0.1) is 0 Å². The third-order valence-corrected chi connectivity index (χ3v) is 3.63. The van der Waals surface area contributed by atoms with Crippen molar-refractivity contribution >= 4 is 11.8 Å². The molecule has 17 heavy (non-hydrogen) atoms. The largest absolute Gasteiger partial charge is 0.464 e.